The van der Waals surface area contributed by atoms with E-state index in [1.54, 1.807) is 18.2 Å². The first kappa shape index (κ1) is 19.9. The number of aromatic nitrogens is 2. The number of alkyl halides is 6. The van der Waals surface area contributed by atoms with Gasteiger partial charge in [-0.3, -0.25) is 9.97 Å². The fourth-order valence-corrected chi connectivity index (χ4v) is 3.39. The normalized spacial score (nSPS) is 12.3. The molecule has 0 unspecified atom stereocenters. The molecule has 0 amide bonds. The number of halogens is 6. The smallest absolute Gasteiger partial charge is 0.265 e. The summed E-state index contributed by atoms with van der Waals surface area (Å²) in [6, 6.07) is 11.3. The fraction of sp³-hybridized carbons (Fsp3) is 0.0909. The van der Waals surface area contributed by atoms with E-state index in [-0.39, 0.29) is 11.1 Å². The first-order valence-electron chi connectivity index (χ1n) is 8.73. The second-order valence-electron chi connectivity index (χ2n) is 6.55. The number of hydrogen-bond donors (Lipinski definition) is 0. The van der Waals surface area contributed by atoms with Crippen LogP contribution >= 0.6 is 0 Å². The molecule has 0 radical (unpaired) electrons. The topological polar surface area (TPSA) is 25.8 Å². The van der Waals surface area contributed by atoms with Crippen molar-refractivity contribution in [3.63, 3.8) is 0 Å². The van der Waals surface area contributed by atoms with Gasteiger partial charge >= 0.3 is 12.4 Å². The van der Waals surface area contributed by atoms with Gasteiger partial charge in [0.15, 0.2) is 0 Å². The van der Waals surface area contributed by atoms with E-state index in [2.05, 4.69) is 9.97 Å². The van der Waals surface area contributed by atoms with Gasteiger partial charge in [0.1, 0.15) is 0 Å². The van der Waals surface area contributed by atoms with Crippen molar-refractivity contribution in [1.82, 2.24) is 9.97 Å². The molecule has 2 aromatic carbocycles. The van der Waals surface area contributed by atoms with Gasteiger partial charge in [0.05, 0.1) is 16.6 Å². The first-order chi connectivity index (χ1) is 14.2. The molecule has 0 saturated carbocycles. The molecule has 0 atom stereocenters. The molecule has 0 spiro atoms. The van der Waals surface area contributed by atoms with E-state index in [1.165, 1.54) is 42.9 Å². The van der Waals surface area contributed by atoms with Gasteiger partial charge in [-0.05, 0) is 58.7 Å². The van der Waals surface area contributed by atoms with Gasteiger partial charge in [0, 0.05) is 24.0 Å². The molecular weight excluding hydrogens is 406 g/mol. The summed E-state index contributed by atoms with van der Waals surface area (Å²) in [5.41, 5.74) is -3.01. The largest absolute Gasteiger partial charge is 0.417 e. The Kier molecular flexibility index (Phi) is 4.72. The van der Waals surface area contributed by atoms with Gasteiger partial charge in [0.25, 0.3) is 0 Å². The molecule has 8 heteroatoms. The molecule has 4 rings (SSSR count). The number of hydrogen-bond acceptors (Lipinski definition) is 2. The van der Waals surface area contributed by atoms with Crippen LogP contribution in [-0.4, -0.2) is 9.97 Å². The lowest BCUT2D eigenvalue weighted by molar-refractivity contribution is -0.140. The van der Waals surface area contributed by atoms with Gasteiger partial charge in [-0.25, -0.2) is 0 Å². The third kappa shape index (κ3) is 3.60. The minimum Gasteiger partial charge on any atom is -0.265 e. The average Bonchev–Trinajstić information content (AvgIpc) is 2.72. The molecule has 0 saturated heterocycles. The Labute approximate surface area is 166 Å². The van der Waals surface area contributed by atoms with Crippen molar-refractivity contribution in [2.24, 2.45) is 0 Å². The summed E-state index contributed by atoms with van der Waals surface area (Å²) in [6.07, 6.45) is -5.99. The Hall–Kier alpha value is -3.42. The molecule has 2 nitrogen and oxygen atoms in total. The molecule has 0 fully saturated rings. The zero-order valence-electron chi connectivity index (χ0n) is 15.1. The maximum Gasteiger partial charge on any atom is 0.417 e. The van der Waals surface area contributed by atoms with Crippen LogP contribution < -0.4 is 0 Å². The fourth-order valence-electron chi connectivity index (χ4n) is 3.39. The highest BCUT2D eigenvalue weighted by Crippen LogP contribution is 2.46. The molecule has 152 valence electrons. The zero-order chi connectivity index (χ0) is 21.5. The van der Waals surface area contributed by atoms with Gasteiger partial charge in [-0.2, -0.15) is 26.3 Å². The van der Waals surface area contributed by atoms with Crippen molar-refractivity contribution in [2.75, 3.05) is 0 Å². The highest BCUT2D eigenvalue weighted by Gasteiger charge is 2.40. The molecule has 0 aliphatic carbocycles. The summed E-state index contributed by atoms with van der Waals surface area (Å²) in [6.45, 7) is 0. The van der Waals surface area contributed by atoms with E-state index in [1.807, 2.05) is 0 Å². The molecule has 0 bridgehead atoms. The Morgan fingerprint density at radius 1 is 0.600 bits per heavy atom. The number of nitrogens with zero attached hydrogens (tertiary/aromatic N) is 2. The minimum atomic E-state index is -4.87. The maximum atomic E-state index is 13.9. The molecule has 0 N–H and O–H groups in total. The summed E-state index contributed by atoms with van der Waals surface area (Å²) in [5.74, 6) is 0. The molecule has 2 heterocycles. The van der Waals surface area contributed by atoms with Gasteiger partial charge in [0.2, 0.25) is 0 Å². The molecule has 0 aliphatic heterocycles. The highest BCUT2D eigenvalue weighted by molar-refractivity contribution is 5.96. The Morgan fingerprint density at radius 2 is 1.20 bits per heavy atom. The SMILES string of the molecule is FC(F)(F)c1cc(-c2ccnc3ccccc23)c(C(F)(F)F)cc1-c1ccncc1. The van der Waals surface area contributed by atoms with Crippen LogP contribution in [0, 0.1) is 0 Å². The summed E-state index contributed by atoms with van der Waals surface area (Å²) in [7, 11) is 0. The van der Waals surface area contributed by atoms with Crippen LogP contribution in [-0.2, 0) is 12.4 Å². The maximum absolute atomic E-state index is 13.9. The van der Waals surface area contributed by atoms with Crippen molar-refractivity contribution in [2.45, 2.75) is 12.4 Å². The molecule has 0 aliphatic rings. The Balaban J connectivity index is 2.11. The van der Waals surface area contributed by atoms with Crippen LogP contribution in [0.4, 0.5) is 26.3 Å². The quantitative estimate of drug-likeness (QED) is 0.328. The summed E-state index contributed by atoms with van der Waals surface area (Å²) in [4.78, 5) is 7.81. The third-order valence-corrected chi connectivity index (χ3v) is 4.70. The molecule has 4 aromatic rings. The average molecular weight is 418 g/mol. The van der Waals surface area contributed by atoms with E-state index >= 15 is 0 Å². The van der Waals surface area contributed by atoms with Crippen LogP contribution in [0.1, 0.15) is 11.1 Å². The summed E-state index contributed by atoms with van der Waals surface area (Å²) >= 11 is 0. The van der Waals surface area contributed by atoms with Crippen molar-refractivity contribution < 1.29 is 26.3 Å². The molecule has 30 heavy (non-hydrogen) atoms. The van der Waals surface area contributed by atoms with Crippen molar-refractivity contribution in [3.05, 3.63) is 84.3 Å². The second-order valence-corrected chi connectivity index (χ2v) is 6.55. The standard InChI is InChI=1S/C22H12F6N2/c23-21(24,25)18-12-17(14-7-10-30-20-4-2-1-3-15(14)20)19(22(26,27)28)11-16(18)13-5-8-29-9-6-13/h1-12H. The van der Waals surface area contributed by atoms with Gasteiger partial charge < -0.3 is 0 Å². The van der Waals surface area contributed by atoms with Crippen LogP contribution in [0.5, 0.6) is 0 Å². The number of para-hydroxylation sites is 1. The minimum absolute atomic E-state index is 0.00559. The monoisotopic (exact) mass is 418 g/mol. The Morgan fingerprint density at radius 3 is 1.87 bits per heavy atom. The summed E-state index contributed by atoms with van der Waals surface area (Å²) < 4.78 is 83.4. The van der Waals surface area contributed by atoms with E-state index in [4.69, 9.17) is 0 Å². The van der Waals surface area contributed by atoms with Crippen LogP contribution in [0.3, 0.4) is 0 Å². The van der Waals surface area contributed by atoms with Crippen molar-refractivity contribution in [1.29, 1.82) is 0 Å². The van der Waals surface area contributed by atoms with E-state index in [0.29, 0.717) is 23.0 Å². The third-order valence-electron chi connectivity index (χ3n) is 4.70. The van der Waals surface area contributed by atoms with Gasteiger partial charge in [-0.1, -0.05) is 18.2 Å². The van der Waals surface area contributed by atoms with Gasteiger partial charge in [-0.15, -0.1) is 0 Å². The Bertz CT molecular complexity index is 1210. The lowest BCUT2D eigenvalue weighted by Crippen LogP contribution is -2.13. The lowest BCUT2D eigenvalue weighted by Gasteiger charge is -2.20. The van der Waals surface area contributed by atoms with E-state index in [9.17, 15) is 26.3 Å². The predicted octanol–water partition coefficient (Wildman–Crippen LogP) is 7.00. The van der Waals surface area contributed by atoms with Crippen molar-refractivity contribution in [3.8, 4) is 22.3 Å². The number of benzene rings is 2. The summed E-state index contributed by atoms with van der Waals surface area (Å²) in [5, 5.41) is 0.329. The predicted molar refractivity (Wildman–Crippen MR) is 100 cm³/mol. The molecule has 2 aromatic heterocycles. The van der Waals surface area contributed by atoms with Crippen LogP contribution in [0.25, 0.3) is 33.2 Å². The van der Waals surface area contributed by atoms with Crippen molar-refractivity contribution >= 4 is 10.9 Å². The first-order valence-corrected chi connectivity index (χ1v) is 8.73. The zero-order valence-corrected chi connectivity index (χ0v) is 15.1. The highest BCUT2D eigenvalue weighted by atomic mass is 19.4. The molecular formula is C22H12F6N2. The number of fused-ring (bicyclic) bond motifs is 1. The van der Waals surface area contributed by atoms with E-state index < -0.39 is 34.6 Å². The number of rotatable bonds is 2. The number of pyridine rings is 2. The van der Waals surface area contributed by atoms with Crippen LogP contribution in [0.15, 0.2) is 73.2 Å². The van der Waals surface area contributed by atoms with Crippen LogP contribution in [0.2, 0.25) is 0 Å². The lowest BCUT2D eigenvalue weighted by atomic mass is 9.89. The second kappa shape index (κ2) is 7.12. The van der Waals surface area contributed by atoms with E-state index in [0.717, 1.165) is 0 Å².